The van der Waals surface area contributed by atoms with Crippen LogP contribution in [0.4, 0.5) is 0 Å². The lowest BCUT2D eigenvalue weighted by molar-refractivity contribution is 0.0987. The fraction of sp³-hybridized carbons (Fsp3) is 0.462. The van der Waals surface area contributed by atoms with E-state index in [-0.39, 0.29) is 5.78 Å². The lowest BCUT2D eigenvalue weighted by Gasteiger charge is -2.05. The van der Waals surface area contributed by atoms with Crippen molar-refractivity contribution in [1.29, 1.82) is 0 Å². The fourth-order valence-corrected chi connectivity index (χ4v) is 2.16. The van der Waals surface area contributed by atoms with Crippen molar-refractivity contribution in [3.05, 3.63) is 33.8 Å². The first-order valence-corrected chi connectivity index (χ1v) is 6.30. The van der Waals surface area contributed by atoms with Crippen LogP contribution < -0.4 is 0 Å². The van der Waals surface area contributed by atoms with Crippen LogP contribution in [0.1, 0.15) is 49.0 Å². The lowest BCUT2D eigenvalue weighted by Crippen LogP contribution is -1.98. The number of carbonyl (C=O) groups excluding carboxylic acids is 1. The molecule has 0 aliphatic carbocycles. The standard InChI is InChI=1S/C13H17BrO/c1-3-5-6-10-7-8-11(12(14)9-10)13(15)4-2/h7-9H,3-6H2,1-2H3. The first-order valence-electron chi connectivity index (χ1n) is 5.50. The molecule has 1 rings (SSSR count). The number of Topliss-reactive ketones (excluding diaryl/α,β-unsaturated/α-hetero) is 1. The van der Waals surface area contributed by atoms with Crippen molar-refractivity contribution >= 4 is 21.7 Å². The average Bonchev–Trinajstić information content (AvgIpc) is 2.25. The van der Waals surface area contributed by atoms with Gasteiger partial charge in [0, 0.05) is 16.5 Å². The van der Waals surface area contributed by atoms with Crippen molar-refractivity contribution in [2.24, 2.45) is 0 Å². The molecule has 15 heavy (non-hydrogen) atoms. The van der Waals surface area contributed by atoms with Gasteiger partial charge in [0.2, 0.25) is 0 Å². The van der Waals surface area contributed by atoms with Crippen molar-refractivity contribution in [3.63, 3.8) is 0 Å². The number of halogens is 1. The molecular weight excluding hydrogens is 252 g/mol. The normalized spacial score (nSPS) is 10.3. The van der Waals surface area contributed by atoms with Crippen LogP contribution in [0.5, 0.6) is 0 Å². The fourth-order valence-electron chi connectivity index (χ4n) is 1.51. The first kappa shape index (κ1) is 12.4. The summed E-state index contributed by atoms with van der Waals surface area (Å²) >= 11 is 3.46. The van der Waals surface area contributed by atoms with Crippen LogP contribution in [0.15, 0.2) is 22.7 Å². The molecule has 82 valence electrons. The van der Waals surface area contributed by atoms with Crippen LogP contribution in [0.25, 0.3) is 0 Å². The van der Waals surface area contributed by atoms with Gasteiger partial charge >= 0.3 is 0 Å². The lowest BCUT2D eigenvalue weighted by atomic mass is 10.0. The molecule has 2 heteroatoms. The summed E-state index contributed by atoms with van der Waals surface area (Å²) in [7, 11) is 0. The monoisotopic (exact) mass is 268 g/mol. The maximum atomic E-state index is 11.5. The summed E-state index contributed by atoms with van der Waals surface area (Å²) in [5, 5.41) is 0. The predicted octanol–water partition coefficient (Wildman–Crippen LogP) is 4.38. The Morgan fingerprint density at radius 2 is 2.07 bits per heavy atom. The van der Waals surface area contributed by atoms with Crippen molar-refractivity contribution in [3.8, 4) is 0 Å². The molecule has 1 nitrogen and oxygen atoms in total. The van der Waals surface area contributed by atoms with Crippen LogP contribution >= 0.6 is 15.9 Å². The largest absolute Gasteiger partial charge is 0.294 e. The van der Waals surface area contributed by atoms with Gasteiger partial charge in [-0.2, -0.15) is 0 Å². The minimum absolute atomic E-state index is 0.198. The van der Waals surface area contributed by atoms with Crippen LogP contribution in [0.2, 0.25) is 0 Å². The summed E-state index contributed by atoms with van der Waals surface area (Å²) in [6, 6.07) is 6.06. The molecule has 0 bridgehead atoms. The molecule has 0 aliphatic rings. The van der Waals surface area contributed by atoms with Gasteiger partial charge < -0.3 is 0 Å². The zero-order valence-corrected chi connectivity index (χ0v) is 10.9. The molecule has 0 unspecified atom stereocenters. The van der Waals surface area contributed by atoms with Gasteiger partial charge in [-0.3, -0.25) is 4.79 Å². The molecule has 0 spiro atoms. The van der Waals surface area contributed by atoms with Crippen LogP contribution in [-0.2, 0) is 6.42 Å². The third-order valence-electron chi connectivity index (χ3n) is 2.47. The Bertz CT molecular complexity index is 344. The second kappa shape index (κ2) is 6.06. The highest BCUT2D eigenvalue weighted by Gasteiger charge is 2.07. The second-order valence-corrected chi connectivity index (χ2v) is 4.55. The molecule has 0 N–H and O–H groups in total. The minimum atomic E-state index is 0.198. The summed E-state index contributed by atoms with van der Waals surface area (Å²) in [5.74, 6) is 0.198. The molecule has 1 aromatic rings. The van der Waals surface area contributed by atoms with E-state index in [4.69, 9.17) is 0 Å². The number of unbranched alkanes of at least 4 members (excludes halogenated alkanes) is 1. The Kier molecular flexibility index (Phi) is 5.03. The Morgan fingerprint density at radius 1 is 1.33 bits per heavy atom. The van der Waals surface area contributed by atoms with E-state index in [1.807, 2.05) is 13.0 Å². The number of ketones is 1. The summed E-state index contributed by atoms with van der Waals surface area (Å²) in [6.07, 6.45) is 4.06. The molecule has 1 aromatic carbocycles. The maximum absolute atomic E-state index is 11.5. The molecule has 0 radical (unpaired) electrons. The number of aryl methyl sites for hydroxylation is 1. The average molecular weight is 269 g/mol. The zero-order chi connectivity index (χ0) is 11.3. The Hall–Kier alpha value is -0.630. The number of carbonyl (C=O) groups is 1. The van der Waals surface area contributed by atoms with Crippen molar-refractivity contribution in [2.45, 2.75) is 39.5 Å². The Morgan fingerprint density at radius 3 is 2.60 bits per heavy atom. The third-order valence-corrected chi connectivity index (χ3v) is 3.13. The SMILES string of the molecule is CCCCc1ccc(C(=O)CC)c(Br)c1. The van der Waals surface area contributed by atoms with Gasteiger partial charge in [-0.25, -0.2) is 0 Å². The predicted molar refractivity (Wildman–Crippen MR) is 67.4 cm³/mol. The highest BCUT2D eigenvalue weighted by Crippen LogP contribution is 2.21. The van der Waals surface area contributed by atoms with Gasteiger partial charge in [-0.15, -0.1) is 0 Å². The Labute approximate surface area is 100 Å². The molecule has 0 fully saturated rings. The van der Waals surface area contributed by atoms with Crippen LogP contribution in [0.3, 0.4) is 0 Å². The van der Waals surface area contributed by atoms with Crippen molar-refractivity contribution in [1.82, 2.24) is 0 Å². The zero-order valence-electron chi connectivity index (χ0n) is 9.35. The van der Waals surface area contributed by atoms with E-state index >= 15 is 0 Å². The number of rotatable bonds is 5. The molecular formula is C13H17BrO. The van der Waals surface area contributed by atoms with E-state index in [1.54, 1.807) is 0 Å². The summed E-state index contributed by atoms with van der Waals surface area (Å²) in [6.45, 7) is 4.07. The van der Waals surface area contributed by atoms with Gasteiger partial charge in [0.15, 0.2) is 5.78 Å². The Balaban J connectivity index is 2.83. The topological polar surface area (TPSA) is 17.1 Å². The molecule has 0 amide bonds. The van der Waals surface area contributed by atoms with Crippen molar-refractivity contribution < 1.29 is 4.79 Å². The smallest absolute Gasteiger partial charge is 0.163 e. The molecule has 0 atom stereocenters. The highest BCUT2D eigenvalue weighted by molar-refractivity contribution is 9.10. The summed E-state index contributed by atoms with van der Waals surface area (Å²) in [4.78, 5) is 11.5. The second-order valence-electron chi connectivity index (χ2n) is 3.69. The van der Waals surface area contributed by atoms with Gasteiger partial charge in [-0.1, -0.05) is 42.3 Å². The summed E-state index contributed by atoms with van der Waals surface area (Å²) < 4.78 is 0.933. The molecule has 0 saturated carbocycles. The van der Waals surface area contributed by atoms with E-state index in [0.29, 0.717) is 6.42 Å². The number of hydrogen-bond acceptors (Lipinski definition) is 1. The summed E-state index contributed by atoms with van der Waals surface area (Å²) in [5.41, 5.74) is 2.11. The minimum Gasteiger partial charge on any atom is -0.294 e. The van der Waals surface area contributed by atoms with E-state index in [9.17, 15) is 4.79 Å². The van der Waals surface area contributed by atoms with Crippen LogP contribution in [0, 0.1) is 0 Å². The third kappa shape index (κ3) is 3.45. The van der Waals surface area contributed by atoms with Gasteiger partial charge in [0.1, 0.15) is 0 Å². The number of benzene rings is 1. The van der Waals surface area contributed by atoms with E-state index < -0.39 is 0 Å². The van der Waals surface area contributed by atoms with Crippen LogP contribution in [-0.4, -0.2) is 5.78 Å². The molecule has 0 saturated heterocycles. The van der Waals surface area contributed by atoms with E-state index in [1.165, 1.54) is 18.4 Å². The van der Waals surface area contributed by atoms with E-state index in [0.717, 1.165) is 16.5 Å². The van der Waals surface area contributed by atoms with Gasteiger partial charge in [-0.05, 0) is 30.5 Å². The van der Waals surface area contributed by atoms with Crippen molar-refractivity contribution in [2.75, 3.05) is 0 Å². The van der Waals surface area contributed by atoms with E-state index in [2.05, 4.69) is 35.0 Å². The molecule has 0 heterocycles. The number of hydrogen-bond donors (Lipinski definition) is 0. The quantitative estimate of drug-likeness (QED) is 0.725. The first-order chi connectivity index (χ1) is 7.19. The maximum Gasteiger partial charge on any atom is 0.163 e. The molecule has 0 aliphatic heterocycles. The van der Waals surface area contributed by atoms with Gasteiger partial charge in [0.25, 0.3) is 0 Å². The highest BCUT2D eigenvalue weighted by atomic mass is 79.9. The van der Waals surface area contributed by atoms with Gasteiger partial charge in [0.05, 0.1) is 0 Å². The molecule has 0 aromatic heterocycles.